The van der Waals surface area contributed by atoms with Crippen LogP contribution < -0.4 is 11.1 Å². The molecule has 0 saturated carbocycles. The van der Waals surface area contributed by atoms with Gasteiger partial charge >= 0.3 is 0 Å². The van der Waals surface area contributed by atoms with Crippen molar-refractivity contribution in [2.24, 2.45) is 10.7 Å². The van der Waals surface area contributed by atoms with Crippen LogP contribution in [0, 0.1) is 0 Å². The summed E-state index contributed by atoms with van der Waals surface area (Å²) < 4.78 is 0.774. The minimum Gasteiger partial charge on any atom is -0.400 e. The predicted octanol–water partition coefficient (Wildman–Crippen LogP) is 3.09. The number of anilines is 1. The van der Waals surface area contributed by atoms with Crippen molar-refractivity contribution in [1.29, 1.82) is 0 Å². The maximum absolute atomic E-state index is 13.5. The monoisotopic (exact) mass is 527 g/mol. The first-order valence-electron chi connectivity index (χ1n) is 10.7. The molecule has 0 spiro atoms. The number of nitrogens with two attached hydrogens (primary N) is 1. The molecule has 0 aliphatic carbocycles. The van der Waals surface area contributed by atoms with Crippen LogP contribution in [-0.4, -0.2) is 65.1 Å². The Hall–Kier alpha value is -2.62. The number of aliphatic imine (C=N–C) groups is 1. The molecule has 2 aromatic carbocycles. The first-order valence-corrected chi connectivity index (χ1v) is 12.4. The highest BCUT2D eigenvalue weighted by Crippen LogP contribution is 2.35. The van der Waals surface area contributed by atoms with Crippen LogP contribution in [0.4, 0.5) is 5.69 Å². The number of halogens is 1. The number of amides is 2. The van der Waals surface area contributed by atoms with Crippen molar-refractivity contribution in [2.45, 2.75) is 11.8 Å². The van der Waals surface area contributed by atoms with E-state index in [-0.39, 0.29) is 17.5 Å². The highest BCUT2D eigenvalue weighted by Gasteiger charge is 2.40. The zero-order valence-corrected chi connectivity index (χ0v) is 20.7. The third-order valence-electron chi connectivity index (χ3n) is 5.64. The lowest BCUT2D eigenvalue weighted by atomic mass is 10.1. The molecule has 0 unspecified atom stereocenters. The summed E-state index contributed by atoms with van der Waals surface area (Å²) >= 11 is 4.69. The smallest absolute Gasteiger partial charge is 0.258 e. The number of nitrogens with zero attached hydrogens (tertiary/aromatic N) is 3. The maximum atomic E-state index is 13.5. The quantitative estimate of drug-likeness (QED) is 0.623. The van der Waals surface area contributed by atoms with Crippen LogP contribution in [0.3, 0.4) is 0 Å². The number of carbonyl (C=O) groups excluding carboxylic acids is 2. The van der Waals surface area contributed by atoms with E-state index in [1.54, 1.807) is 4.90 Å². The number of carbonyl (C=O) groups is 2. The van der Waals surface area contributed by atoms with E-state index in [1.165, 1.54) is 11.8 Å². The molecule has 1 fully saturated rings. The van der Waals surface area contributed by atoms with Crippen molar-refractivity contribution in [1.82, 2.24) is 9.80 Å². The highest BCUT2D eigenvalue weighted by atomic mass is 79.9. The molecule has 2 heterocycles. The second kappa shape index (κ2) is 10.5. The molecule has 2 aliphatic heterocycles. The van der Waals surface area contributed by atoms with E-state index in [4.69, 9.17) is 10.7 Å². The second-order valence-electron chi connectivity index (χ2n) is 8.00. The van der Waals surface area contributed by atoms with Crippen LogP contribution in [0.25, 0.3) is 0 Å². The van der Waals surface area contributed by atoms with Gasteiger partial charge < -0.3 is 20.9 Å². The topological polar surface area (TPSA) is 91.0 Å². The fraction of sp³-hybridized carbons (Fsp3) is 0.292. The standard InChI is InChI=1S/C24H26BrN5O2S/c1-29-11-13-30(14-12-29)24(32)19-20(26)21(22(31)28-18-10-6-5-9-17(18)25)33-23(19)27-15-16-7-3-2-4-8-16/h2-10,21H,11-15,26H2,1H3,(H,28,31)/t21-/m0/s1. The number of para-hydroxylation sites is 1. The Bertz CT molecular complexity index is 1100. The van der Waals surface area contributed by atoms with Gasteiger partial charge in [-0.3, -0.25) is 14.6 Å². The Balaban J connectivity index is 1.61. The first-order chi connectivity index (χ1) is 15.9. The van der Waals surface area contributed by atoms with Crippen molar-refractivity contribution in [3.05, 3.63) is 75.9 Å². The summed E-state index contributed by atoms with van der Waals surface area (Å²) in [6.07, 6.45) is 0. The molecule has 9 heteroatoms. The van der Waals surface area contributed by atoms with Crippen molar-refractivity contribution in [2.75, 3.05) is 38.5 Å². The number of thioether (sulfide) groups is 1. The Morgan fingerprint density at radius 2 is 1.76 bits per heavy atom. The van der Waals surface area contributed by atoms with Gasteiger partial charge in [-0.2, -0.15) is 0 Å². The minimum absolute atomic E-state index is 0.156. The van der Waals surface area contributed by atoms with Crippen LogP contribution in [0.15, 0.2) is 75.3 Å². The van der Waals surface area contributed by atoms with Crippen molar-refractivity contribution in [3.8, 4) is 0 Å². The summed E-state index contributed by atoms with van der Waals surface area (Å²) in [5, 5.41) is 2.71. The predicted molar refractivity (Wildman–Crippen MR) is 137 cm³/mol. The molecule has 2 amide bonds. The summed E-state index contributed by atoms with van der Waals surface area (Å²) in [6, 6.07) is 17.2. The summed E-state index contributed by atoms with van der Waals surface area (Å²) in [7, 11) is 2.04. The fourth-order valence-corrected chi connectivity index (χ4v) is 5.17. The molecular weight excluding hydrogens is 502 g/mol. The van der Waals surface area contributed by atoms with Gasteiger partial charge in [-0.05, 0) is 40.7 Å². The summed E-state index contributed by atoms with van der Waals surface area (Å²) in [5.41, 5.74) is 8.75. The molecule has 1 saturated heterocycles. The van der Waals surface area contributed by atoms with E-state index in [9.17, 15) is 9.59 Å². The SMILES string of the molecule is CN1CCN(C(=O)C2=C(N)[C@@H](C(=O)Nc3ccccc3Br)SC2=NCc2ccccc2)CC1. The van der Waals surface area contributed by atoms with Gasteiger partial charge in [0.1, 0.15) is 10.3 Å². The largest absolute Gasteiger partial charge is 0.400 e. The number of nitrogens with one attached hydrogen (secondary N) is 1. The summed E-state index contributed by atoms with van der Waals surface area (Å²) in [5.74, 6) is -0.436. The Kier molecular flexibility index (Phi) is 7.52. The first kappa shape index (κ1) is 23.5. The molecule has 2 aromatic rings. The van der Waals surface area contributed by atoms with Gasteiger partial charge in [0.25, 0.3) is 5.91 Å². The highest BCUT2D eigenvalue weighted by molar-refractivity contribution is 9.10. The molecule has 0 radical (unpaired) electrons. The number of likely N-dealkylation sites (N-methyl/N-ethyl adjacent to an activating group) is 1. The van der Waals surface area contributed by atoms with Crippen molar-refractivity contribution in [3.63, 3.8) is 0 Å². The lowest BCUT2D eigenvalue weighted by Crippen LogP contribution is -2.48. The van der Waals surface area contributed by atoms with E-state index in [0.717, 1.165) is 23.1 Å². The number of rotatable bonds is 5. The van der Waals surface area contributed by atoms with Crippen LogP contribution >= 0.6 is 27.7 Å². The number of hydrogen-bond donors (Lipinski definition) is 2. The van der Waals surface area contributed by atoms with E-state index in [2.05, 4.69) is 26.1 Å². The maximum Gasteiger partial charge on any atom is 0.258 e. The molecule has 1 atom stereocenters. The average molecular weight is 528 g/mol. The van der Waals surface area contributed by atoms with Crippen molar-refractivity contribution >= 4 is 50.2 Å². The van der Waals surface area contributed by atoms with Gasteiger partial charge in [0.15, 0.2) is 0 Å². The fourth-order valence-electron chi connectivity index (χ4n) is 3.69. The Morgan fingerprint density at radius 1 is 1.09 bits per heavy atom. The van der Waals surface area contributed by atoms with Gasteiger partial charge in [0, 0.05) is 36.3 Å². The molecular formula is C24H26BrN5O2S. The molecule has 33 heavy (non-hydrogen) atoms. The molecule has 3 N–H and O–H groups in total. The minimum atomic E-state index is -0.724. The molecule has 2 aliphatic rings. The van der Waals surface area contributed by atoms with Crippen LogP contribution in [0.1, 0.15) is 5.56 Å². The lowest BCUT2D eigenvalue weighted by molar-refractivity contribution is -0.128. The zero-order chi connectivity index (χ0) is 23.4. The number of piperazine rings is 1. The normalized spacial score (nSPS) is 20.4. The molecule has 4 rings (SSSR count). The van der Waals surface area contributed by atoms with Crippen LogP contribution in [-0.2, 0) is 16.1 Å². The van der Waals surface area contributed by atoms with Crippen molar-refractivity contribution < 1.29 is 9.59 Å². The van der Waals surface area contributed by atoms with E-state index in [1.807, 2.05) is 61.6 Å². The third kappa shape index (κ3) is 5.48. The van der Waals surface area contributed by atoms with Gasteiger partial charge in [-0.25, -0.2) is 0 Å². The molecule has 0 aromatic heterocycles. The van der Waals surface area contributed by atoms with Crippen LogP contribution in [0.2, 0.25) is 0 Å². The summed E-state index contributed by atoms with van der Waals surface area (Å²) in [4.78, 5) is 35.3. The van der Waals surface area contributed by atoms with Gasteiger partial charge in [-0.15, -0.1) is 0 Å². The molecule has 7 nitrogen and oxygen atoms in total. The summed E-state index contributed by atoms with van der Waals surface area (Å²) in [6.45, 7) is 3.25. The van der Waals surface area contributed by atoms with E-state index >= 15 is 0 Å². The van der Waals surface area contributed by atoms with E-state index < -0.39 is 5.25 Å². The average Bonchev–Trinajstić information content (AvgIpc) is 3.16. The molecule has 0 bridgehead atoms. The van der Waals surface area contributed by atoms with Gasteiger partial charge in [0.2, 0.25) is 5.91 Å². The Labute approximate surface area is 206 Å². The third-order valence-corrected chi connectivity index (χ3v) is 7.59. The van der Waals surface area contributed by atoms with Gasteiger partial charge in [-0.1, -0.05) is 54.2 Å². The Morgan fingerprint density at radius 3 is 2.45 bits per heavy atom. The van der Waals surface area contributed by atoms with E-state index in [0.29, 0.717) is 35.9 Å². The lowest BCUT2D eigenvalue weighted by Gasteiger charge is -2.32. The number of benzene rings is 2. The number of hydrogen-bond acceptors (Lipinski definition) is 6. The second-order valence-corrected chi connectivity index (χ2v) is 9.95. The van der Waals surface area contributed by atoms with Crippen LogP contribution in [0.5, 0.6) is 0 Å². The van der Waals surface area contributed by atoms with Gasteiger partial charge in [0.05, 0.1) is 17.8 Å². The zero-order valence-electron chi connectivity index (χ0n) is 18.3. The molecule has 172 valence electrons.